The van der Waals surface area contributed by atoms with Gasteiger partial charge >= 0.3 is 0 Å². The van der Waals surface area contributed by atoms with E-state index in [1.54, 1.807) is 18.2 Å². The molecule has 0 heterocycles. The van der Waals surface area contributed by atoms with Crippen LogP contribution in [0.4, 0.5) is 5.69 Å². The lowest BCUT2D eigenvalue weighted by atomic mass is 10.1. The highest BCUT2D eigenvalue weighted by molar-refractivity contribution is 7.89. The number of carbonyl (C=O) groups excluding carboxylic acids is 1. The maximum Gasteiger partial charge on any atom is 0.240 e. The average Bonchev–Trinajstić information content (AvgIpc) is 2.67. The van der Waals surface area contributed by atoms with Crippen molar-refractivity contribution in [3.8, 4) is 0 Å². The molecule has 0 spiro atoms. The molecule has 2 N–H and O–H groups in total. The Labute approximate surface area is 174 Å². The quantitative estimate of drug-likeness (QED) is 0.583. The molecule has 0 atom stereocenters. The fraction of sp³-hybridized carbons (Fsp3) is 0.409. The third kappa shape index (κ3) is 7.18. The minimum Gasteiger partial charge on any atom is -0.378 e. The van der Waals surface area contributed by atoms with E-state index in [0.29, 0.717) is 6.54 Å². The van der Waals surface area contributed by atoms with Crippen molar-refractivity contribution in [2.45, 2.75) is 38.0 Å². The first-order valence-corrected chi connectivity index (χ1v) is 11.3. The fourth-order valence-electron chi connectivity index (χ4n) is 2.83. The van der Waals surface area contributed by atoms with Gasteiger partial charge in [-0.1, -0.05) is 18.2 Å². The first-order valence-electron chi connectivity index (χ1n) is 9.79. The number of hydrogen-bond donors (Lipinski definition) is 2. The minimum absolute atomic E-state index is 0.0765. The minimum atomic E-state index is -3.60. The van der Waals surface area contributed by atoms with Crippen LogP contribution < -0.4 is 14.9 Å². The number of carbonyl (C=O) groups is 1. The van der Waals surface area contributed by atoms with Crippen molar-refractivity contribution >= 4 is 21.6 Å². The number of nitrogens with zero attached hydrogens (tertiary/aromatic N) is 1. The lowest BCUT2D eigenvalue weighted by Crippen LogP contribution is -2.31. The summed E-state index contributed by atoms with van der Waals surface area (Å²) < 4.78 is 27.1. The van der Waals surface area contributed by atoms with E-state index in [9.17, 15) is 13.2 Å². The molecular formula is C22H31N3O3S. The number of aryl methyl sites for hydroxylation is 3. The zero-order chi connectivity index (χ0) is 21.4. The summed E-state index contributed by atoms with van der Waals surface area (Å²) in [5.41, 5.74) is 4.34. The average molecular weight is 418 g/mol. The molecule has 0 bridgehead atoms. The standard InChI is InChI=1S/C22H31N3O3S/c1-17-7-12-21(16-18(17)2)29(27,28)24-15-13-22(26)23-14-5-6-19-8-10-20(11-9-19)25(3)4/h7-12,16,24H,5-6,13-15H2,1-4H3,(H,23,26). The monoisotopic (exact) mass is 417 g/mol. The molecule has 2 aromatic rings. The van der Waals surface area contributed by atoms with Crippen molar-refractivity contribution in [1.82, 2.24) is 10.0 Å². The lowest BCUT2D eigenvalue weighted by molar-refractivity contribution is -0.120. The first kappa shape index (κ1) is 22.9. The van der Waals surface area contributed by atoms with E-state index >= 15 is 0 Å². The van der Waals surface area contributed by atoms with Gasteiger partial charge in [0.1, 0.15) is 0 Å². The highest BCUT2D eigenvalue weighted by Crippen LogP contribution is 2.15. The number of hydrogen-bond acceptors (Lipinski definition) is 4. The van der Waals surface area contributed by atoms with Gasteiger partial charge in [0.15, 0.2) is 0 Å². The Kier molecular flexibility index (Phi) is 8.22. The van der Waals surface area contributed by atoms with Crippen LogP contribution >= 0.6 is 0 Å². The van der Waals surface area contributed by atoms with Crippen LogP contribution in [0.3, 0.4) is 0 Å². The van der Waals surface area contributed by atoms with Crippen LogP contribution in [0.25, 0.3) is 0 Å². The summed E-state index contributed by atoms with van der Waals surface area (Å²) in [6, 6.07) is 13.4. The van der Waals surface area contributed by atoms with Crippen molar-refractivity contribution in [2.75, 3.05) is 32.1 Å². The smallest absolute Gasteiger partial charge is 0.240 e. The second-order valence-electron chi connectivity index (χ2n) is 7.41. The highest BCUT2D eigenvalue weighted by Gasteiger charge is 2.14. The molecule has 0 aliphatic carbocycles. The largest absolute Gasteiger partial charge is 0.378 e. The molecule has 29 heavy (non-hydrogen) atoms. The van der Waals surface area contributed by atoms with Crippen LogP contribution in [0, 0.1) is 13.8 Å². The predicted molar refractivity (Wildman–Crippen MR) is 118 cm³/mol. The van der Waals surface area contributed by atoms with Crippen molar-refractivity contribution < 1.29 is 13.2 Å². The maximum atomic E-state index is 12.3. The van der Waals surface area contributed by atoms with Gasteiger partial charge in [0.2, 0.25) is 15.9 Å². The molecule has 7 heteroatoms. The molecule has 0 aliphatic heterocycles. The molecule has 0 saturated heterocycles. The maximum absolute atomic E-state index is 12.3. The molecule has 0 radical (unpaired) electrons. The zero-order valence-corrected chi connectivity index (χ0v) is 18.5. The van der Waals surface area contributed by atoms with Crippen LogP contribution in [0.15, 0.2) is 47.4 Å². The van der Waals surface area contributed by atoms with Gasteiger partial charge in [-0.05, 0) is 67.6 Å². The number of rotatable bonds is 10. The number of nitrogens with one attached hydrogen (secondary N) is 2. The van der Waals surface area contributed by atoms with Crippen molar-refractivity contribution in [3.05, 3.63) is 59.2 Å². The van der Waals surface area contributed by atoms with E-state index in [-0.39, 0.29) is 23.8 Å². The van der Waals surface area contributed by atoms with Crippen LogP contribution in [0.1, 0.15) is 29.5 Å². The number of benzene rings is 2. The number of amides is 1. The van der Waals surface area contributed by atoms with Gasteiger partial charge in [-0.25, -0.2) is 13.1 Å². The Bertz CT molecular complexity index is 923. The summed E-state index contributed by atoms with van der Waals surface area (Å²) in [5, 5.41) is 2.84. The van der Waals surface area contributed by atoms with Gasteiger partial charge < -0.3 is 10.2 Å². The summed E-state index contributed by atoms with van der Waals surface area (Å²) in [4.78, 5) is 14.2. The second-order valence-corrected chi connectivity index (χ2v) is 9.18. The first-order chi connectivity index (χ1) is 13.7. The molecule has 6 nitrogen and oxygen atoms in total. The summed E-state index contributed by atoms with van der Waals surface area (Å²) >= 11 is 0. The van der Waals surface area contributed by atoms with Gasteiger partial charge in [0.05, 0.1) is 4.90 Å². The van der Waals surface area contributed by atoms with Crippen LogP contribution in [-0.4, -0.2) is 41.5 Å². The summed E-state index contributed by atoms with van der Waals surface area (Å²) in [6.07, 6.45) is 1.83. The number of anilines is 1. The topological polar surface area (TPSA) is 78.5 Å². The fourth-order valence-corrected chi connectivity index (χ4v) is 3.95. The predicted octanol–water partition coefficient (Wildman–Crippen LogP) is 2.79. The van der Waals surface area contributed by atoms with Gasteiger partial charge in [-0.3, -0.25) is 4.79 Å². The van der Waals surface area contributed by atoms with E-state index < -0.39 is 10.0 Å². The zero-order valence-electron chi connectivity index (χ0n) is 17.7. The molecule has 0 saturated carbocycles. The molecular weight excluding hydrogens is 386 g/mol. The van der Waals surface area contributed by atoms with Crippen LogP contribution in [-0.2, 0) is 21.2 Å². The van der Waals surface area contributed by atoms with Gasteiger partial charge in [-0.15, -0.1) is 0 Å². The molecule has 0 aliphatic rings. The number of sulfonamides is 1. The Hall–Kier alpha value is -2.38. The molecule has 0 aromatic heterocycles. The summed E-state index contributed by atoms with van der Waals surface area (Å²) in [5.74, 6) is -0.157. The van der Waals surface area contributed by atoms with Crippen molar-refractivity contribution in [3.63, 3.8) is 0 Å². The van der Waals surface area contributed by atoms with E-state index in [2.05, 4.69) is 39.2 Å². The lowest BCUT2D eigenvalue weighted by Gasteiger charge is -2.12. The van der Waals surface area contributed by atoms with E-state index in [4.69, 9.17) is 0 Å². The normalized spacial score (nSPS) is 11.3. The Morgan fingerprint density at radius 3 is 2.28 bits per heavy atom. The van der Waals surface area contributed by atoms with Gasteiger partial charge in [0, 0.05) is 39.3 Å². The third-order valence-corrected chi connectivity index (χ3v) is 6.31. The molecule has 2 rings (SSSR count). The summed E-state index contributed by atoms with van der Waals surface area (Å²) in [6.45, 7) is 4.45. The Balaban J connectivity index is 1.68. The molecule has 2 aromatic carbocycles. The molecule has 158 valence electrons. The van der Waals surface area contributed by atoms with E-state index in [0.717, 1.165) is 29.7 Å². The highest BCUT2D eigenvalue weighted by atomic mass is 32.2. The van der Waals surface area contributed by atoms with Crippen LogP contribution in [0.5, 0.6) is 0 Å². The Morgan fingerprint density at radius 2 is 1.66 bits per heavy atom. The summed E-state index contributed by atoms with van der Waals surface area (Å²) in [7, 11) is 0.413. The van der Waals surface area contributed by atoms with Crippen molar-refractivity contribution in [1.29, 1.82) is 0 Å². The molecule has 1 amide bonds. The van der Waals surface area contributed by atoms with Crippen LogP contribution in [0.2, 0.25) is 0 Å². The van der Waals surface area contributed by atoms with Gasteiger partial charge in [0.25, 0.3) is 0 Å². The van der Waals surface area contributed by atoms with Crippen molar-refractivity contribution in [2.24, 2.45) is 0 Å². The molecule has 0 unspecified atom stereocenters. The third-order valence-electron chi connectivity index (χ3n) is 4.85. The van der Waals surface area contributed by atoms with E-state index in [1.165, 1.54) is 5.56 Å². The Morgan fingerprint density at radius 1 is 0.966 bits per heavy atom. The van der Waals surface area contributed by atoms with Gasteiger partial charge in [-0.2, -0.15) is 0 Å². The SMILES string of the molecule is Cc1ccc(S(=O)(=O)NCCC(=O)NCCCc2ccc(N(C)C)cc2)cc1C. The second kappa shape index (κ2) is 10.4. The molecule has 0 fully saturated rings. The van der Waals surface area contributed by atoms with E-state index in [1.807, 2.05) is 27.9 Å².